The van der Waals surface area contributed by atoms with E-state index in [9.17, 15) is 4.79 Å². The predicted octanol–water partition coefficient (Wildman–Crippen LogP) is 0.719. The molecule has 0 radical (unpaired) electrons. The van der Waals surface area contributed by atoms with Gasteiger partial charge >= 0.3 is 0 Å². The Morgan fingerprint density at radius 2 is 2.33 bits per heavy atom. The summed E-state index contributed by atoms with van der Waals surface area (Å²) in [7, 11) is 1.84. The molecular weight excluding hydrogens is 270 g/mol. The molecule has 2 heterocycles. The Balaban J connectivity index is 1.95. The number of ether oxygens (including phenoxy) is 2. The van der Waals surface area contributed by atoms with E-state index in [1.54, 1.807) is 6.20 Å². The van der Waals surface area contributed by atoms with Crippen LogP contribution in [0.3, 0.4) is 0 Å². The van der Waals surface area contributed by atoms with E-state index in [2.05, 4.69) is 15.6 Å². The van der Waals surface area contributed by atoms with Gasteiger partial charge in [0, 0.05) is 24.3 Å². The van der Waals surface area contributed by atoms with Crippen LogP contribution in [0.1, 0.15) is 19.4 Å². The Morgan fingerprint density at radius 3 is 3.05 bits per heavy atom. The summed E-state index contributed by atoms with van der Waals surface area (Å²) in [5.41, 5.74) is 0.875. The number of carbonyl (C=O) groups excluding carboxylic acids is 1. The second-order valence-electron chi connectivity index (χ2n) is 5.39. The third-order valence-electron chi connectivity index (χ3n) is 3.44. The van der Waals surface area contributed by atoms with E-state index in [1.807, 2.05) is 33.0 Å². The van der Waals surface area contributed by atoms with E-state index in [0.29, 0.717) is 25.6 Å². The van der Waals surface area contributed by atoms with Gasteiger partial charge in [-0.05, 0) is 27.0 Å². The molecule has 0 bridgehead atoms. The standard InChI is InChI=1S/C15H23N3O3/c1-10(2)21-15-11(5-4-6-17-15)7-18-14(19)12-8-20-9-13(12)16-3/h4-6,10,12-13,16H,7-9H2,1-3H3,(H,18,19). The van der Waals surface area contributed by atoms with Gasteiger partial charge in [-0.25, -0.2) is 4.98 Å². The maximum Gasteiger partial charge on any atom is 0.227 e. The van der Waals surface area contributed by atoms with Gasteiger partial charge < -0.3 is 20.1 Å². The number of pyridine rings is 1. The van der Waals surface area contributed by atoms with Crippen LogP contribution >= 0.6 is 0 Å². The lowest BCUT2D eigenvalue weighted by Gasteiger charge is -2.17. The lowest BCUT2D eigenvalue weighted by molar-refractivity contribution is -0.125. The van der Waals surface area contributed by atoms with Gasteiger partial charge in [0.25, 0.3) is 0 Å². The number of likely N-dealkylation sites (N-methyl/N-ethyl adjacent to an activating group) is 1. The molecule has 1 aliphatic rings. The van der Waals surface area contributed by atoms with Crippen molar-refractivity contribution in [2.24, 2.45) is 5.92 Å². The highest BCUT2D eigenvalue weighted by Gasteiger charge is 2.32. The van der Waals surface area contributed by atoms with Crippen LogP contribution in [0.4, 0.5) is 0 Å². The predicted molar refractivity (Wildman–Crippen MR) is 79.0 cm³/mol. The molecule has 1 amide bonds. The molecule has 2 rings (SSSR count). The topological polar surface area (TPSA) is 72.5 Å². The van der Waals surface area contributed by atoms with Crippen molar-refractivity contribution in [3.63, 3.8) is 0 Å². The summed E-state index contributed by atoms with van der Waals surface area (Å²) in [6.45, 7) is 5.33. The number of aromatic nitrogens is 1. The van der Waals surface area contributed by atoms with Crippen LogP contribution < -0.4 is 15.4 Å². The molecule has 0 aliphatic carbocycles. The van der Waals surface area contributed by atoms with Gasteiger partial charge in [-0.2, -0.15) is 0 Å². The lowest BCUT2D eigenvalue weighted by atomic mass is 10.0. The van der Waals surface area contributed by atoms with Crippen molar-refractivity contribution < 1.29 is 14.3 Å². The summed E-state index contributed by atoms with van der Waals surface area (Å²) in [5, 5.41) is 6.05. The Labute approximate surface area is 125 Å². The number of rotatable bonds is 6. The average Bonchev–Trinajstić information content (AvgIpc) is 2.94. The molecule has 0 spiro atoms. The van der Waals surface area contributed by atoms with Crippen molar-refractivity contribution >= 4 is 5.91 Å². The Morgan fingerprint density at radius 1 is 1.52 bits per heavy atom. The molecule has 21 heavy (non-hydrogen) atoms. The van der Waals surface area contributed by atoms with E-state index in [1.165, 1.54) is 0 Å². The van der Waals surface area contributed by atoms with E-state index in [-0.39, 0.29) is 24.0 Å². The quantitative estimate of drug-likeness (QED) is 0.808. The van der Waals surface area contributed by atoms with Crippen molar-refractivity contribution in [1.82, 2.24) is 15.6 Å². The number of carbonyl (C=O) groups is 1. The zero-order valence-corrected chi connectivity index (χ0v) is 12.8. The van der Waals surface area contributed by atoms with Gasteiger partial charge in [-0.1, -0.05) is 6.07 Å². The molecule has 1 fully saturated rings. The highest BCUT2D eigenvalue weighted by molar-refractivity contribution is 5.79. The minimum absolute atomic E-state index is 0.00815. The summed E-state index contributed by atoms with van der Waals surface area (Å²) in [4.78, 5) is 16.4. The molecule has 1 saturated heterocycles. The molecule has 2 N–H and O–H groups in total. The lowest BCUT2D eigenvalue weighted by Crippen LogP contribution is -2.42. The van der Waals surface area contributed by atoms with Gasteiger partial charge in [0.1, 0.15) is 0 Å². The highest BCUT2D eigenvalue weighted by atomic mass is 16.5. The van der Waals surface area contributed by atoms with Gasteiger partial charge in [-0.15, -0.1) is 0 Å². The minimum atomic E-state index is -0.152. The Bertz CT molecular complexity index is 479. The molecule has 1 aromatic rings. The maximum absolute atomic E-state index is 12.2. The molecule has 1 aliphatic heterocycles. The van der Waals surface area contributed by atoms with Crippen LogP contribution in [-0.2, 0) is 16.1 Å². The molecule has 0 saturated carbocycles. The molecule has 116 valence electrons. The first-order valence-electron chi connectivity index (χ1n) is 7.25. The van der Waals surface area contributed by atoms with Gasteiger partial charge in [0.15, 0.2) is 0 Å². The molecule has 2 atom stereocenters. The number of amides is 1. The zero-order chi connectivity index (χ0) is 15.2. The first-order chi connectivity index (χ1) is 10.1. The summed E-state index contributed by atoms with van der Waals surface area (Å²) >= 11 is 0. The summed E-state index contributed by atoms with van der Waals surface area (Å²) in [6.07, 6.45) is 1.73. The maximum atomic E-state index is 12.2. The van der Waals surface area contributed by atoms with E-state index < -0.39 is 0 Å². The fourth-order valence-corrected chi connectivity index (χ4v) is 2.30. The second-order valence-corrected chi connectivity index (χ2v) is 5.39. The molecule has 6 nitrogen and oxygen atoms in total. The molecular formula is C15H23N3O3. The highest BCUT2D eigenvalue weighted by Crippen LogP contribution is 2.17. The fraction of sp³-hybridized carbons (Fsp3) is 0.600. The number of hydrogen-bond donors (Lipinski definition) is 2. The van der Waals surface area contributed by atoms with Crippen LogP contribution in [0.25, 0.3) is 0 Å². The zero-order valence-electron chi connectivity index (χ0n) is 12.8. The van der Waals surface area contributed by atoms with Crippen molar-refractivity contribution in [3.8, 4) is 5.88 Å². The van der Waals surface area contributed by atoms with Crippen LogP contribution in [-0.4, -0.2) is 43.3 Å². The summed E-state index contributed by atoms with van der Waals surface area (Å²) in [5.74, 6) is 0.410. The van der Waals surface area contributed by atoms with Crippen LogP contribution in [0.15, 0.2) is 18.3 Å². The largest absolute Gasteiger partial charge is 0.475 e. The van der Waals surface area contributed by atoms with Crippen molar-refractivity contribution in [1.29, 1.82) is 0 Å². The summed E-state index contributed by atoms with van der Waals surface area (Å²) < 4.78 is 11.0. The smallest absolute Gasteiger partial charge is 0.227 e. The normalized spacial score (nSPS) is 21.5. The molecule has 1 aromatic heterocycles. The number of nitrogens with one attached hydrogen (secondary N) is 2. The van der Waals surface area contributed by atoms with Crippen LogP contribution in [0.2, 0.25) is 0 Å². The first kappa shape index (κ1) is 15.7. The van der Waals surface area contributed by atoms with Crippen LogP contribution in [0, 0.1) is 5.92 Å². The minimum Gasteiger partial charge on any atom is -0.475 e. The van der Waals surface area contributed by atoms with Crippen molar-refractivity contribution in [2.75, 3.05) is 20.3 Å². The van der Waals surface area contributed by atoms with Crippen LogP contribution in [0.5, 0.6) is 5.88 Å². The average molecular weight is 293 g/mol. The summed E-state index contributed by atoms with van der Waals surface area (Å²) in [6, 6.07) is 3.82. The number of nitrogens with zero attached hydrogens (tertiary/aromatic N) is 1. The first-order valence-corrected chi connectivity index (χ1v) is 7.25. The van der Waals surface area contributed by atoms with Gasteiger partial charge in [0.2, 0.25) is 11.8 Å². The monoisotopic (exact) mass is 293 g/mol. The third-order valence-corrected chi connectivity index (χ3v) is 3.44. The van der Waals surface area contributed by atoms with E-state index >= 15 is 0 Å². The van der Waals surface area contributed by atoms with Crippen molar-refractivity contribution in [3.05, 3.63) is 23.9 Å². The molecule has 2 unspecified atom stereocenters. The van der Waals surface area contributed by atoms with Gasteiger partial charge in [-0.3, -0.25) is 4.79 Å². The second kappa shape index (κ2) is 7.38. The van der Waals surface area contributed by atoms with Crippen molar-refractivity contribution in [2.45, 2.75) is 32.5 Å². The van der Waals surface area contributed by atoms with Gasteiger partial charge in [0.05, 0.1) is 25.2 Å². The number of hydrogen-bond acceptors (Lipinski definition) is 5. The van der Waals surface area contributed by atoms with E-state index in [0.717, 1.165) is 5.56 Å². The Kier molecular flexibility index (Phi) is 5.52. The third kappa shape index (κ3) is 4.15. The van der Waals surface area contributed by atoms with E-state index in [4.69, 9.17) is 9.47 Å². The molecule has 0 aromatic carbocycles. The SMILES string of the molecule is CNC1COCC1C(=O)NCc1cccnc1OC(C)C. The fourth-order valence-electron chi connectivity index (χ4n) is 2.30. The Hall–Kier alpha value is -1.66. The molecule has 6 heteroatoms.